The second-order valence-corrected chi connectivity index (χ2v) is 7.38. The van der Waals surface area contributed by atoms with Crippen molar-refractivity contribution >= 4 is 34.9 Å². The first-order valence-corrected chi connectivity index (χ1v) is 10.3. The van der Waals surface area contributed by atoms with E-state index in [1.54, 1.807) is 18.2 Å². The van der Waals surface area contributed by atoms with Crippen LogP contribution in [0, 0.1) is 10.1 Å². The van der Waals surface area contributed by atoms with Crippen molar-refractivity contribution in [3.63, 3.8) is 0 Å². The Morgan fingerprint density at radius 1 is 0.938 bits per heavy atom. The van der Waals surface area contributed by atoms with Crippen molar-refractivity contribution in [2.75, 3.05) is 41.3 Å². The molecule has 8 nitrogen and oxygen atoms in total. The van der Waals surface area contributed by atoms with Crippen LogP contribution in [0.2, 0.25) is 0 Å². The molecule has 0 atom stereocenters. The summed E-state index contributed by atoms with van der Waals surface area (Å²) in [5, 5.41) is 13.5. The number of carbonyl (C=O) groups is 1. The molecule has 0 spiro atoms. The smallest absolute Gasteiger partial charge is 0.269 e. The highest BCUT2D eigenvalue weighted by Gasteiger charge is 2.18. The van der Waals surface area contributed by atoms with E-state index in [9.17, 15) is 14.9 Å². The quantitative estimate of drug-likeness (QED) is 0.362. The lowest BCUT2D eigenvalue weighted by Gasteiger charge is -2.36. The van der Waals surface area contributed by atoms with Crippen LogP contribution in [-0.4, -0.2) is 42.0 Å². The van der Waals surface area contributed by atoms with Gasteiger partial charge in [0.1, 0.15) is 5.82 Å². The molecule has 2 heterocycles. The molecule has 1 aliphatic heterocycles. The molecule has 3 aromatic rings. The average molecular weight is 429 g/mol. The van der Waals surface area contributed by atoms with Crippen molar-refractivity contribution < 1.29 is 9.72 Å². The summed E-state index contributed by atoms with van der Waals surface area (Å²) in [7, 11) is 0. The van der Waals surface area contributed by atoms with Crippen LogP contribution in [0.4, 0.5) is 22.9 Å². The van der Waals surface area contributed by atoms with Gasteiger partial charge in [-0.05, 0) is 60.2 Å². The summed E-state index contributed by atoms with van der Waals surface area (Å²) in [5.74, 6) is 0.743. The van der Waals surface area contributed by atoms with E-state index in [1.165, 1.54) is 18.2 Å². The van der Waals surface area contributed by atoms with Gasteiger partial charge in [0.2, 0.25) is 5.91 Å². The summed E-state index contributed by atoms with van der Waals surface area (Å²) in [6.07, 6.45) is 4.84. The first-order chi connectivity index (χ1) is 15.6. The Bertz CT molecular complexity index is 1090. The van der Waals surface area contributed by atoms with Crippen LogP contribution in [0.3, 0.4) is 0 Å². The lowest BCUT2D eigenvalue weighted by atomic mass is 10.2. The number of nitro groups is 1. The number of hydrogen-bond donors (Lipinski definition) is 1. The number of benzene rings is 2. The molecule has 1 amide bonds. The van der Waals surface area contributed by atoms with Crippen LogP contribution in [0.1, 0.15) is 5.56 Å². The molecule has 2 aromatic carbocycles. The molecule has 0 saturated carbocycles. The van der Waals surface area contributed by atoms with Gasteiger partial charge in [-0.15, -0.1) is 0 Å². The van der Waals surface area contributed by atoms with Crippen molar-refractivity contribution in [1.29, 1.82) is 0 Å². The summed E-state index contributed by atoms with van der Waals surface area (Å²) in [6, 6.07) is 19.8. The van der Waals surface area contributed by atoms with Crippen LogP contribution in [0.15, 0.2) is 79.0 Å². The van der Waals surface area contributed by atoms with Crippen LogP contribution in [0.25, 0.3) is 6.08 Å². The molecule has 8 heteroatoms. The third kappa shape index (κ3) is 5.28. The van der Waals surface area contributed by atoms with E-state index in [-0.39, 0.29) is 11.6 Å². The SMILES string of the molecule is O=C(/C=C/c1ccc([N+](=O)[O-])cc1)Nc1ccc(N2CCN(c3ccccn3)CC2)cc1. The predicted molar refractivity (Wildman–Crippen MR) is 126 cm³/mol. The van der Waals surface area contributed by atoms with Gasteiger partial charge in [0.25, 0.3) is 5.69 Å². The molecule has 1 aliphatic rings. The number of rotatable bonds is 6. The molecular formula is C24H23N5O3. The van der Waals surface area contributed by atoms with E-state index in [4.69, 9.17) is 0 Å². The van der Waals surface area contributed by atoms with E-state index in [0.717, 1.165) is 37.7 Å². The second-order valence-electron chi connectivity index (χ2n) is 7.38. The largest absolute Gasteiger partial charge is 0.368 e. The van der Waals surface area contributed by atoms with Gasteiger partial charge in [-0.3, -0.25) is 14.9 Å². The van der Waals surface area contributed by atoms with E-state index >= 15 is 0 Å². The van der Waals surface area contributed by atoms with E-state index in [1.807, 2.05) is 48.7 Å². The number of amides is 1. The highest BCUT2D eigenvalue weighted by molar-refractivity contribution is 6.02. The molecule has 0 unspecified atom stereocenters. The molecule has 4 rings (SSSR count). The Labute approximate surface area is 186 Å². The van der Waals surface area contributed by atoms with Gasteiger partial charge in [0.05, 0.1) is 4.92 Å². The highest BCUT2D eigenvalue weighted by Crippen LogP contribution is 2.21. The topological polar surface area (TPSA) is 91.6 Å². The fraction of sp³-hybridized carbons (Fsp3) is 0.167. The van der Waals surface area contributed by atoms with Crippen molar-refractivity contribution in [1.82, 2.24) is 4.98 Å². The van der Waals surface area contributed by atoms with Gasteiger partial charge in [-0.25, -0.2) is 4.98 Å². The Hall–Kier alpha value is -4.20. The standard InChI is InChI=1S/C24H23N5O3/c30-24(13-6-19-4-9-22(10-5-19)29(31)32)26-20-7-11-21(12-8-20)27-15-17-28(18-16-27)23-3-1-2-14-25-23/h1-14H,15-18H2,(H,26,30)/b13-6+. The molecule has 1 saturated heterocycles. The lowest BCUT2D eigenvalue weighted by Crippen LogP contribution is -2.46. The number of aromatic nitrogens is 1. The number of pyridine rings is 1. The lowest BCUT2D eigenvalue weighted by molar-refractivity contribution is -0.384. The summed E-state index contributed by atoms with van der Waals surface area (Å²) in [5.41, 5.74) is 2.56. The fourth-order valence-electron chi connectivity index (χ4n) is 3.55. The Morgan fingerprint density at radius 2 is 1.62 bits per heavy atom. The van der Waals surface area contributed by atoms with Crippen molar-refractivity contribution in [3.05, 3.63) is 94.7 Å². The summed E-state index contributed by atoms with van der Waals surface area (Å²) in [4.78, 5) is 31.5. The van der Waals surface area contributed by atoms with Crippen molar-refractivity contribution in [2.45, 2.75) is 0 Å². The van der Waals surface area contributed by atoms with Gasteiger partial charge in [0, 0.05) is 62.0 Å². The minimum Gasteiger partial charge on any atom is -0.368 e. The zero-order chi connectivity index (χ0) is 22.3. The van der Waals surface area contributed by atoms with E-state index in [0.29, 0.717) is 11.3 Å². The van der Waals surface area contributed by atoms with E-state index < -0.39 is 4.92 Å². The maximum absolute atomic E-state index is 12.2. The van der Waals surface area contributed by atoms with Gasteiger partial charge in [-0.2, -0.15) is 0 Å². The molecule has 0 aliphatic carbocycles. The molecule has 1 fully saturated rings. The number of nitrogens with one attached hydrogen (secondary N) is 1. The number of non-ortho nitro benzene ring substituents is 1. The minimum atomic E-state index is -0.454. The molecule has 162 valence electrons. The molecule has 1 N–H and O–H groups in total. The third-order valence-electron chi connectivity index (χ3n) is 5.28. The van der Waals surface area contributed by atoms with Crippen molar-refractivity contribution in [2.24, 2.45) is 0 Å². The Morgan fingerprint density at radius 3 is 2.25 bits per heavy atom. The zero-order valence-corrected chi connectivity index (χ0v) is 17.4. The number of nitrogens with zero attached hydrogens (tertiary/aromatic N) is 4. The third-order valence-corrected chi connectivity index (χ3v) is 5.28. The maximum atomic E-state index is 12.2. The average Bonchev–Trinajstić information content (AvgIpc) is 2.84. The van der Waals surface area contributed by atoms with Crippen LogP contribution < -0.4 is 15.1 Å². The first-order valence-electron chi connectivity index (χ1n) is 10.3. The minimum absolute atomic E-state index is 0.0184. The second kappa shape index (κ2) is 9.74. The highest BCUT2D eigenvalue weighted by atomic mass is 16.6. The Kier molecular flexibility index (Phi) is 6.41. The predicted octanol–water partition coefficient (Wildman–Crippen LogP) is 3.97. The molecule has 0 bridgehead atoms. The first kappa shape index (κ1) is 21.0. The Balaban J connectivity index is 1.29. The van der Waals surface area contributed by atoms with Crippen LogP contribution in [0.5, 0.6) is 0 Å². The monoisotopic (exact) mass is 429 g/mol. The van der Waals surface area contributed by atoms with E-state index in [2.05, 4.69) is 20.1 Å². The number of anilines is 3. The number of hydrogen-bond acceptors (Lipinski definition) is 6. The van der Waals surface area contributed by atoms with Gasteiger partial charge >= 0.3 is 0 Å². The molecule has 1 aromatic heterocycles. The number of piperazine rings is 1. The number of nitro benzene ring substituents is 1. The van der Waals surface area contributed by atoms with Crippen LogP contribution >= 0.6 is 0 Å². The molecular weight excluding hydrogens is 406 g/mol. The van der Waals surface area contributed by atoms with Gasteiger partial charge in [-0.1, -0.05) is 6.07 Å². The fourth-order valence-corrected chi connectivity index (χ4v) is 3.55. The molecule has 0 radical (unpaired) electrons. The molecule has 32 heavy (non-hydrogen) atoms. The van der Waals surface area contributed by atoms with Crippen LogP contribution in [-0.2, 0) is 4.79 Å². The summed E-state index contributed by atoms with van der Waals surface area (Å²) >= 11 is 0. The van der Waals surface area contributed by atoms with Gasteiger partial charge in [0.15, 0.2) is 0 Å². The van der Waals surface area contributed by atoms with Crippen molar-refractivity contribution in [3.8, 4) is 0 Å². The zero-order valence-electron chi connectivity index (χ0n) is 17.4. The normalized spacial score (nSPS) is 13.9. The maximum Gasteiger partial charge on any atom is 0.269 e. The summed E-state index contributed by atoms with van der Waals surface area (Å²) < 4.78 is 0. The van der Waals surface area contributed by atoms with Gasteiger partial charge < -0.3 is 15.1 Å². The number of carbonyl (C=O) groups excluding carboxylic acids is 1. The summed E-state index contributed by atoms with van der Waals surface area (Å²) in [6.45, 7) is 3.62.